The van der Waals surface area contributed by atoms with E-state index in [0.717, 1.165) is 12.1 Å². The average Bonchev–Trinajstić information content (AvgIpc) is 2.72. The van der Waals surface area contributed by atoms with E-state index in [4.69, 9.17) is 4.74 Å². The van der Waals surface area contributed by atoms with E-state index in [1.165, 1.54) is 38.5 Å². The quantitative estimate of drug-likeness (QED) is 0.827. The maximum absolute atomic E-state index is 10.3. The molecule has 20 heavy (non-hydrogen) atoms. The van der Waals surface area contributed by atoms with E-state index < -0.39 is 0 Å². The predicted octanol–water partition coefficient (Wildman–Crippen LogP) is 3.95. The van der Waals surface area contributed by atoms with Gasteiger partial charge in [-0.3, -0.25) is 4.90 Å². The van der Waals surface area contributed by atoms with E-state index in [9.17, 15) is 5.11 Å². The van der Waals surface area contributed by atoms with Crippen molar-refractivity contribution in [2.45, 2.75) is 58.0 Å². The summed E-state index contributed by atoms with van der Waals surface area (Å²) in [4.78, 5) is 2.39. The van der Waals surface area contributed by atoms with E-state index in [1.807, 2.05) is 25.1 Å². The fourth-order valence-electron chi connectivity index (χ4n) is 3.06. The predicted molar refractivity (Wildman–Crippen MR) is 82.2 cm³/mol. The van der Waals surface area contributed by atoms with Crippen LogP contribution in [-0.4, -0.2) is 29.7 Å². The van der Waals surface area contributed by atoms with Gasteiger partial charge in [-0.2, -0.15) is 0 Å². The maximum Gasteiger partial charge on any atom is 0.162 e. The SMILES string of the molecule is CCOc1cccc(CN(C)C2CCCCCC2)c1O. The molecular weight excluding hydrogens is 250 g/mol. The van der Waals surface area contributed by atoms with Gasteiger partial charge >= 0.3 is 0 Å². The van der Waals surface area contributed by atoms with Crippen LogP contribution in [0.25, 0.3) is 0 Å². The lowest BCUT2D eigenvalue weighted by molar-refractivity contribution is 0.210. The average molecular weight is 277 g/mol. The summed E-state index contributed by atoms with van der Waals surface area (Å²) in [6, 6.07) is 6.42. The summed E-state index contributed by atoms with van der Waals surface area (Å²) in [5, 5.41) is 10.3. The summed E-state index contributed by atoms with van der Waals surface area (Å²) in [6.07, 6.45) is 7.97. The molecule has 0 saturated heterocycles. The molecule has 0 radical (unpaired) electrons. The lowest BCUT2D eigenvalue weighted by atomic mass is 10.1. The lowest BCUT2D eigenvalue weighted by Gasteiger charge is -2.27. The van der Waals surface area contributed by atoms with Crippen LogP contribution in [0.1, 0.15) is 51.0 Å². The lowest BCUT2D eigenvalue weighted by Crippen LogP contribution is -2.30. The second-order valence-electron chi connectivity index (χ2n) is 5.76. The monoisotopic (exact) mass is 277 g/mol. The molecule has 112 valence electrons. The van der Waals surface area contributed by atoms with Gasteiger partial charge in [0.15, 0.2) is 11.5 Å². The van der Waals surface area contributed by atoms with Crippen LogP contribution in [0.3, 0.4) is 0 Å². The highest BCUT2D eigenvalue weighted by atomic mass is 16.5. The molecule has 0 heterocycles. The number of hydrogen-bond donors (Lipinski definition) is 1. The summed E-state index contributed by atoms with van der Waals surface area (Å²) in [5.41, 5.74) is 0.961. The van der Waals surface area contributed by atoms with E-state index in [2.05, 4.69) is 11.9 Å². The largest absolute Gasteiger partial charge is 0.504 e. The van der Waals surface area contributed by atoms with Crippen LogP contribution in [0.5, 0.6) is 11.5 Å². The number of phenolic OH excluding ortho intramolecular Hbond substituents is 1. The third kappa shape index (κ3) is 3.89. The van der Waals surface area contributed by atoms with Gasteiger partial charge in [-0.15, -0.1) is 0 Å². The molecule has 0 amide bonds. The van der Waals surface area contributed by atoms with Crippen LogP contribution in [0, 0.1) is 0 Å². The van der Waals surface area contributed by atoms with Crippen molar-refractivity contribution in [2.24, 2.45) is 0 Å². The molecule has 3 heteroatoms. The molecule has 1 aliphatic rings. The van der Waals surface area contributed by atoms with Gasteiger partial charge in [0.2, 0.25) is 0 Å². The van der Waals surface area contributed by atoms with Gasteiger partial charge in [-0.25, -0.2) is 0 Å². The molecule has 0 unspecified atom stereocenters. The van der Waals surface area contributed by atoms with E-state index in [-0.39, 0.29) is 0 Å². The van der Waals surface area contributed by atoms with Gasteiger partial charge in [-0.05, 0) is 32.9 Å². The van der Waals surface area contributed by atoms with Crippen LogP contribution in [0.4, 0.5) is 0 Å². The van der Waals surface area contributed by atoms with Gasteiger partial charge in [0, 0.05) is 18.2 Å². The summed E-state index contributed by atoms with van der Waals surface area (Å²) in [6.45, 7) is 3.30. The van der Waals surface area contributed by atoms with Gasteiger partial charge in [0.05, 0.1) is 6.61 Å². The minimum absolute atomic E-state index is 0.301. The molecule has 1 fully saturated rings. The minimum Gasteiger partial charge on any atom is -0.504 e. The molecule has 0 spiro atoms. The number of ether oxygens (including phenoxy) is 1. The number of hydrogen-bond acceptors (Lipinski definition) is 3. The van der Waals surface area contributed by atoms with Crippen molar-refractivity contribution in [1.29, 1.82) is 0 Å². The molecule has 0 atom stereocenters. The first-order chi connectivity index (χ1) is 9.72. The zero-order chi connectivity index (χ0) is 14.4. The Kier molecular flexibility index (Phi) is 5.72. The summed E-state index contributed by atoms with van der Waals surface area (Å²) >= 11 is 0. The Bertz CT molecular complexity index is 411. The van der Waals surface area contributed by atoms with Crippen LogP contribution in [0.15, 0.2) is 18.2 Å². The Morgan fingerprint density at radius 3 is 2.55 bits per heavy atom. The summed E-state index contributed by atoms with van der Waals surface area (Å²) in [5.74, 6) is 0.897. The van der Waals surface area contributed by atoms with Crippen molar-refractivity contribution in [3.63, 3.8) is 0 Å². The van der Waals surface area contributed by atoms with E-state index in [0.29, 0.717) is 24.1 Å². The van der Waals surface area contributed by atoms with Gasteiger partial charge in [-0.1, -0.05) is 37.8 Å². The number of phenols is 1. The van der Waals surface area contributed by atoms with Gasteiger partial charge < -0.3 is 9.84 Å². The summed E-state index contributed by atoms with van der Waals surface area (Å²) < 4.78 is 5.46. The molecule has 1 aromatic rings. The Hall–Kier alpha value is -1.22. The van der Waals surface area contributed by atoms with Gasteiger partial charge in [0.1, 0.15) is 0 Å². The second-order valence-corrected chi connectivity index (χ2v) is 5.76. The number of rotatable bonds is 5. The molecule has 1 N–H and O–H groups in total. The van der Waals surface area contributed by atoms with Crippen LogP contribution in [-0.2, 0) is 6.54 Å². The number of benzene rings is 1. The standard InChI is InChI=1S/C17H27NO2/c1-3-20-16-12-8-9-14(17(16)19)13-18(2)15-10-6-4-5-7-11-15/h8-9,12,15,19H,3-7,10-11,13H2,1-2H3. The van der Waals surface area contributed by atoms with E-state index in [1.54, 1.807) is 0 Å². The first-order valence-electron chi connectivity index (χ1n) is 7.86. The van der Waals surface area contributed by atoms with Crippen LogP contribution in [0.2, 0.25) is 0 Å². The first kappa shape index (κ1) is 15.2. The fraction of sp³-hybridized carbons (Fsp3) is 0.647. The molecule has 1 aliphatic carbocycles. The summed E-state index contributed by atoms with van der Waals surface area (Å²) in [7, 11) is 2.17. The first-order valence-corrected chi connectivity index (χ1v) is 7.86. The molecule has 2 rings (SSSR count). The molecule has 0 aromatic heterocycles. The zero-order valence-electron chi connectivity index (χ0n) is 12.8. The third-order valence-corrected chi connectivity index (χ3v) is 4.25. The molecule has 1 aromatic carbocycles. The minimum atomic E-state index is 0.301. The maximum atomic E-state index is 10.3. The fourth-order valence-corrected chi connectivity index (χ4v) is 3.06. The number of aromatic hydroxyl groups is 1. The Morgan fingerprint density at radius 1 is 1.20 bits per heavy atom. The Labute approximate surface area is 122 Å². The molecule has 0 bridgehead atoms. The van der Waals surface area contributed by atoms with Crippen LogP contribution >= 0.6 is 0 Å². The van der Waals surface area contributed by atoms with E-state index >= 15 is 0 Å². The van der Waals surface area contributed by atoms with Crippen molar-refractivity contribution >= 4 is 0 Å². The zero-order valence-corrected chi connectivity index (χ0v) is 12.8. The Balaban J connectivity index is 2.02. The van der Waals surface area contributed by atoms with Crippen LogP contribution < -0.4 is 4.74 Å². The normalized spacial score (nSPS) is 17.1. The second kappa shape index (κ2) is 7.53. The topological polar surface area (TPSA) is 32.7 Å². The molecule has 0 aliphatic heterocycles. The molecule has 1 saturated carbocycles. The van der Waals surface area contributed by atoms with Crippen molar-refractivity contribution in [1.82, 2.24) is 4.90 Å². The van der Waals surface area contributed by atoms with Crippen molar-refractivity contribution in [2.75, 3.05) is 13.7 Å². The van der Waals surface area contributed by atoms with Crippen molar-refractivity contribution < 1.29 is 9.84 Å². The molecule has 3 nitrogen and oxygen atoms in total. The molecular formula is C17H27NO2. The number of nitrogens with zero attached hydrogens (tertiary/aromatic N) is 1. The van der Waals surface area contributed by atoms with Gasteiger partial charge in [0.25, 0.3) is 0 Å². The van der Waals surface area contributed by atoms with Crippen molar-refractivity contribution in [3.8, 4) is 11.5 Å². The highest BCUT2D eigenvalue weighted by Gasteiger charge is 2.18. The number of para-hydroxylation sites is 1. The van der Waals surface area contributed by atoms with Crippen molar-refractivity contribution in [3.05, 3.63) is 23.8 Å². The smallest absolute Gasteiger partial charge is 0.162 e. The highest BCUT2D eigenvalue weighted by Crippen LogP contribution is 2.31. The third-order valence-electron chi connectivity index (χ3n) is 4.25. The Morgan fingerprint density at radius 2 is 1.90 bits per heavy atom. The highest BCUT2D eigenvalue weighted by molar-refractivity contribution is 5.45.